The molecule has 26 heavy (non-hydrogen) atoms. The average Bonchev–Trinajstić information content (AvgIpc) is 3.10. The molecule has 1 spiro atoms. The van der Waals surface area contributed by atoms with Crippen molar-refractivity contribution in [1.29, 1.82) is 0 Å². The predicted octanol–water partition coefficient (Wildman–Crippen LogP) is 4.37. The van der Waals surface area contributed by atoms with E-state index in [4.69, 9.17) is 4.74 Å². The van der Waals surface area contributed by atoms with Gasteiger partial charge in [-0.25, -0.2) is 0 Å². The summed E-state index contributed by atoms with van der Waals surface area (Å²) in [5, 5.41) is 14.2. The fraction of sp³-hybridized carbons (Fsp3) is 0.591. The summed E-state index contributed by atoms with van der Waals surface area (Å²) in [5.74, 6) is 0.0479. The van der Waals surface area contributed by atoms with Crippen LogP contribution in [-0.4, -0.2) is 29.3 Å². The first-order chi connectivity index (χ1) is 12.4. The smallest absolute Gasteiger partial charge is 0.256 e. The van der Waals surface area contributed by atoms with Crippen LogP contribution in [0.1, 0.15) is 68.2 Å². The van der Waals surface area contributed by atoms with Gasteiger partial charge in [-0.05, 0) is 61.8 Å². The fourth-order valence-corrected chi connectivity index (χ4v) is 4.43. The number of aliphatic hydroxyl groups excluding tert-OH is 1. The normalized spacial score (nSPS) is 25.4. The Morgan fingerprint density at radius 3 is 2.58 bits per heavy atom. The monoisotopic (exact) mass is 357 g/mol. The number of benzene rings is 1. The second kappa shape index (κ2) is 7.43. The van der Waals surface area contributed by atoms with Gasteiger partial charge in [0.25, 0.3) is 5.91 Å². The van der Waals surface area contributed by atoms with Crippen molar-refractivity contribution in [2.24, 2.45) is 0 Å². The summed E-state index contributed by atoms with van der Waals surface area (Å²) in [6, 6.07) is 4.23. The maximum atomic E-state index is 12.8. The summed E-state index contributed by atoms with van der Waals surface area (Å²) in [6.45, 7) is 9.06. The Bertz CT molecular complexity index is 714. The molecule has 142 valence electrons. The third-order valence-electron chi connectivity index (χ3n) is 5.84. The fourth-order valence-electron chi connectivity index (χ4n) is 4.43. The summed E-state index contributed by atoms with van der Waals surface area (Å²) in [4.78, 5) is 12.8. The summed E-state index contributed by atoms with van der Waals surface area (Å²) in [6.07, 6.45) is 5.47. The third kappa shape index (κ3) is 3.27. The van der Waals surface area contributed by atoms with Gasteiger partial charge in [0.2, 0.25) is 0 Å². The molecule has 2 unspecified atom stereocenters. The SMILES string of the molecule is CCCCOC1CCC2(C1)NC(=O)C(c1c(C)cc(CC)cc1C)=C2O. The van der Waals surface area contributed by atoms with E-state index in [1.807, 2.05) is 13.8 Å². The summed E-state index contributed by atoms with van der Waals surface area (Å²) >= 11 is 0. The van der Waals surface area contributed by atoms with E-state index in [2.05, 4.69) is 31.3 Å². The van der Waals surface area contributed by atoms with Gasteiger partial charge in [-0.3, -0.25) is 4.79 Å². The summed E-state index contributed by atoms with van der Waals surface area (Å²) in [7, 11) is 0. The van der Waals surface area contributed by atoms with Crippen LogP contribution in [0.3, 0.4) is 0 Å². The standard InChI is InChI=1S/C22H31NO3/c1-5-7-10-26-17-8-9-22(13-17)20(24)19(21(25)23-22)18-14(3)11-16(6-2)12-15(18)4/h11-12,17,24H,5-10,13H2,1-4H3,(H,23,25). The highest BCUT2D eigenvalue weighted by Gasteiger charge is 2.51. The van der Waals surface area contributed by atoms with Gasteiger partial charge >= 0.3 is 0 Å². The Kier molecular flexibility index (Phi) is 5.42. The van der Waals surface area contributed by atoms with Gasteiger partial charge in [-0.1, -0.05) is 32.4 Å². The van der Waals surface area contributed by atoms with Gasteiger partial charge in [0, 0.05) is 13.0 Å². The molecule has 1 amide bonds. The van der Waals surface area contributed by atoms with E-state index in [1.54, 1.807) is 0 Å². The first-order valence-corrected chi connectivity index (χ1v) is 9.90. The molecule has 0 radical (unpaired) electrons. The zero-order valence-electron chi connectivity index (χ0n) is 16.4. The van der Waals surface area contributed by atoms with E-state index in [1.165, 1.54) is 5.56 Å². The number of carbonyl (C=O) groups excluding carboxylic acids is 1. The van der Waals surface area contributed by atoms with Crippen LogP contribution >= 0.6 is 0 Å². The minimum Gasteiger partial charge on any atom is -0.509 e. The number of aryl methyl sites for hydroxylation is 3. The summed E-state index contributed by atoms with van der Waals surface area (Å²) in [5.41, 5.74) is 4.03. The van der Waals surface area contributed by atoms with E-state index in [0.29, 0.717) is 12.0 Å². The first-order valence-electron chi connectivity index (χ1n) is 9.90. The van der Waals surface area contributed by atoms with Crippen LogP contribution in [0.5, 0.6) is 0 Å². The van der Waals surface area contributed by atoms with Crippen LogP contribution in [0, 0.1) is 13.8 Å². The molecule has 1 aromatic rings. The molecule has 0 aromatic heterocycles. The number of amides is 1. The van der Waals surface area contributed by atoms with Crippen LogP contribution < -0.4 is 5.32 Å². The molecule has 3 rings (SSSR count). The molecule has 4 nitrogen and oxygen atoms in total. The van der Waals surface area contributed by atoms with Gasteiger partial charge in [-0.15, -0.1) is 0 Å². The third-order valence-corrected chi connectivity index (χ3v) is 5.84. The van der Waals surface area contributed by atoms with Crippen LogP contribution in [0.25, 0.3) is 5.57 Å². The molecular formula is C22H31NO3. The molecule has 1 aliphatic heterocycles. The Morgan fingerprint density at radius 1 is 1.27 bits per heavy atom. The number of carbonyl (C=O) groups is 1. The topological polar surface area (TPSA) is 58.6 Å². The minimum absolute atomic E-state index is 0.105. The Balaban J connectivity index is 1.91. The van der Waals surface area contributed by atoms with Crippen molar-refractivity contribution < 1.29 is 14.6 Å². The molecular weight excluding hydrogens is 326 g/mol. The molecule has 2 N–H and O–H groups in total. The number of ether oxygens (including phenoxy) is 1. The Morgan fingerprint density at radius 2 is 1.96 bits per heavy atom. The van der Waals surface area contributed by atoms with Crippen molar-refractivity contribution in [3.63, 3.8) is 0 Å². The van der Waals surface area contributed by atoms with Crippen LogP contribution in [0.4, 0.5) is 0 Å². The van der Waals surface area contributed by atoms with Crippen molar-refractivity contribution >= 4 is 11.5 Å². The van der Waals surface area contributed by atoms with E-state index in [9.17, 15) is 9.90 Å². The van der Waals surface area contributed by atoms with E-state index in [-0.39, 0.29) is 17.8 Å². The molecule has 2 atom stereocenters. The lowest BCUT2D eigenvalue weighted by molar-refractivity contribution is -0.116. The summed E-state index contributed by atoms with van der Waals surface area (Å²) < 4.78 is 5.95. The molecule has 2 aliphatic rings. The Hall–Kier alpha value is -1.81. The molecule has 1 aromatic carbocycles. The highest BCUT2D eigenvalue weighted by atomic mass is 16.5. The lowest BCUT2D eigenvalue weighted by Gasteiger charge is -2.24. The zero-order valence-corrected chi connectivity index (χ0v) is 16.4. The van der Waals surface area contributed by atoms with Crippen molar-refractivity contribution in [2.75, 3.05) is 6.61 Å². The predicted molar refractivity (Wildman–Crippen MR) is 104 cm³/mol. The number of hydrogen-bond donors (Lipinski definition) is 2. The second-order valence-electron chi connectivity index (χ2n) is 7.81. The molecule has 4 heteroatoms. The molecule has 0 saturated heterocycles. The van der Waals surface area contributed by atoms with E-state index in [0.717, 1.165) is 55.4 Å². The highest BCUT2D eigenvalue weighted by Crippen LogP contribution is 2.44. The number of rotatable bonds is 6. The number of hydrogen-bond acceptors (Lipinski definition) is 3. The first kappa shape index (κ1) is 19.0. The maximum Gasteiger partial charge on any atom is 0.256 e. The van der Waals surface area contributed by atoms with Crippen molar-refractivity contribution in [3.05, 3.63) is 40.1 Å². The lowest BCUT2D eigenvalue weighted by atomic mass is 9.89. The number of aliphatic hydroxyl groups is 1. The van der Waals surface area contributed by atoms with Crippen LogP contribution in [0.15, 0.2) is 17.9 Å². The second-order valence-corrected chi connectivity index (χ2v) is 7.81. The molecule has 1 heterocycles. The largest absolute Gasteiger partial charge is 0.509 e. The average molecular weight is 357 g/mol. The Labute approximate surface area is 156 Å². The lowest BCUT2D eigenvalue weighted by Crippen LogP contribution is -2.42. The van der Waals surface area contributed by atoms with Crippen molar-refractivity contribution in [3.8, 4) is 0 Å². The van der Waals surface area contributed by atoms with Gasteiger partial charge in [0.1, 0.15) is 11.3 Å². The van der Waals surface area contributed by atoms with Crippen LogP contribution in [-0.2, 0) is 16.0 Å². The number of nitrogens with one attached hydrogen (secondary N) is 1. The number of unbranched alkanes of at least 4 members (excludes halogenated alkanes) is 1. The van der Waals surface area contributed by atoms with E-state index < -0.39 is 5.54 Å². The van der Waals surface area contributed by atoms with Gasteiger partial charge in [0.15, 0.2) is 0 Å². The maximum absolute atomic E-state index is 12.8. The van der Waals surface area contributed by atoms with Crippen molar-refractivity contribution in [1.82, 2.24) is 5.32 Å². The van der Waals surface area contributed by atoms with Gasteiger partial charge < -0.3 is 15.2 Å². The zero-order chi connectivity index (χ0) is 18.9. The highest BCUT2D eigenvalue weighted by molar-refractivity contribution is 6.24. The minimum atomic E-state index is -0.647. The van der Waals surface area contributed by atoms with Crippen molar-refractivity contribution in [2.45, 2.75) is 77.9 Å². The molecule has 1 saturated carbocycles. The van der Waals surface area contributed by atoms with Crippen LogP contribution in [0.2, 0.25) is 0 Å². The molecule has 0 bridgehead atoms. The molecule has 1 fully saturated rings. The quantitative estimate of drug-likeness (QED) is 0.743. The van der Waals surface area contributed by atoms with Gasteiger partial charge in [-0.2, -0.15) is 0 Å². The van der Waals surface area contributed by atoms with E-state index >= 15 is 0 Å². The van der Waals surface area contributed by atoms with Gasteiger partial charge in [0.05, 0.1) is 11.7 Å². The molecule has 1 aliphatic carbocycles.